The third-order valence-electron chi connectivity index (χ3n) is 5.13. The smallest absolute Gasteiger partial charge is 0.241 e. The van der Waals surface area contributed by atoms with E-state index in [1.807, 2.05) is 24.3 Å². The van der Waals surface area contributed by atoms with Crippen molar-refractivity contribution in [2.75, 3.05) is 46.4 Å². The Morgan fingerprint density at radius 3 is 2.58 bits per heavy atom. The van der Waals surface area contributed by atoms with Crippen molar-refractivity contribution in [3.8, 4) is 17.1 Å². The minimum absolute atomic E-state index is 0.435. The van der Waals surface area contributed by atoms with Gasteiger partial charge in [-0.3, -0.25) is 9.80 Å². The zero-order valence-electron chi connectivity index (χ0n) is 15.3. The first kappa shape index (κ1) is 17.5. The molecule has 0 aliphatic carbocycles. The summed E-state index contributed by atoms with van der Waals surface area (Å²) in [4.78, 5) is 9.41. The Balaban J connectivity index is 1.27. The Morgan fingerprint density at radius 2 is 1.88 bits per heavy atom. The van der Waals surface area contributed by atoms with Crippen LogP contribution in [0.5, 0.6) is 5.75 Å². The number of hydrogen-bond donors (Lipinski definition) is 0. The highest BCUT2D eigenvalue weighted by Crippen LogP contribution is 2.20. The van der Waals surface area contributed by atoms with Crippen LogP contribution in [0.1, 0.15) is 18.7 Å². The maximum atomic E-state index is 5.74. The predicted octanol–water partition coefficient (Wildman–Crippen LogP) is 2.04. The Hall–Kier alpha value is -1.96. The predicted molar refractivity (Wildman–Crippen MR) is 97.0 cm³/mol. The van der Waals surface area contributed by atoms with E-state index in [4.69, 9.17) is 14.0 Å². The number of hydrogen-bond acceptors (Lipinski definition) is 7. The van der Waals surface area contributed by atoms with Gasteiger partial charge in [0.2, 0.25) is 11.7 Å². The maximum Gasteiger partial charge on any atom is 0.241 e. The van der Waals surface area contributed by atoms with E-state index in [1.54, 1.807) is 7.11 Å². The topological polar surface area (TPSA) is 63.9 Å². The molecule has 1 aromatic carbocycles. The normalized spacial score (nSPS) is 22.0. The largest absolute Gasteiger partial charge is 0.497 e. The van der Waals surface area contributed by atoms with Crippen LogP contribution in [0.25, 0.3) is 11.4 Å². The highest BCUT2D eigenvalue weighted by atomic mass is 16.5. The number of rotatable bonds is 6. The molecular formula is C19H26N4O3. The Morgan fingerprint density at radius 1 is 1.12 bits per heavy atom. The summed E-state index contributed by atoms with van der Waals surface area (Å²) in [6.07, 6.45) is 2.85. The van der Waals surface area contributed by atoms with E-state index in [0.717, 1.165) is 50.6 Å². The number of ether oxygens (including phenoxy) is 2. The third-order valence-corrected chi connectivity index (χ3v) is 5.13. The molecule has 7 heteroatoms. The number of nitrogens with zero attached hydrogens (tertiary/aromatic N) is 4. The molecule has 0 N–H and O–H groups in total. The fraction of sp³-hybridized carbons (Fsp3) is 0.579. The van der Waals surface area contributed by atoms with E-state index in [9.17, 15) is 0 Å². The molecular weight excluding hydrogens is 332 g/mol. The summed E-state index contributed by atoms with van der Waals surface area (Å²) in [5, 5.41) is 4.11. The van der Waals surface area contributed by atoms with Gasteiger partial charge in [-0.1, -0.05) is 5.16 Å². The zero-order valence-corrected chi connectivity index (χ0v) is 15.3. The van der Waals surface area contributed by atoms with Crippen molar-refractivity contribution in [3.63, 3.8) is 0 Å². The molecule has 0 amide bonds. The molecule has 2 aliphatic heterocycles. The van der Waals surface area contributed by atoms with E-state index in [2.05, 4.69) is 19.9 Å². The highest BCUT2D eigenvalue weighted by Gasteiger charge is 2.23. The lowest BCUT2D eigenvalue weighted by molar-refractivity contribution is 0.0468. The SMILES string of the molecule is COc1ccc(-c2noc(CN3CCN(CC4CCCO4)CC3)n2)cc1. The van der Waals surface area contributed by atoms with Gasteiger partial charge in [-0.25, -0.2) is 0 Å². The van der Waals surface area contributed by atoms with Gasteiger partial charge in [0.1, 0.15) is 5.75 Å². The summed E-state index contributed by atoms with van der Waals surface area (Å²) in [7, 11) is 1.65. The molecule has 1 aromatic heterocycles. The van der Waals surface area contributed by atoms with Crippen molar-refractivity contribution in [1.82, 2.24) is 19.9 Å². The first-order chi connectivity index (χ1) is 12.8. The van der Waals surface area contributed by atoms with E-state index in [-0.39, 0.29) is 0 Å². The summed E-state index contributed by atoms with van der Waals surface area (Å²) < 4.78 is 16.4. The van der Waals surface area contributed by atoms with E-state index in [0.29, 0.717) is 24.4 Å². The average molecular weight is 358 g/mol. The van der Waals surface area contributed by atoms with Crippen LogP contribution in [0.3, 0.4) is 0 Å². The maximum absolute atomic E-state index is 5.74. The standard InChI is InChI=1S/C19H26N4O3/c1-24-16-6-4-15(5-7-16)19-20-18(26-21-19)14-23-10-8-22(9-11-23)13-17-3-2-12-25-17/h4-7,17H,2-3,8-14H2,1H3. The van der Waals surface area contributed by atoms with Gasteiger partial charge in [-0.15, -0.1) is 0 Å². The summed E-state index contributed by atoms with van der Waals surface area (Å²) in [6.45, 7) is 6.88. The lowest BCUT2D eigenvalue weighted by Gasteiger charge is -2.34. The molecule has 0 spiro atoms. The fourth-order valence-electron chi connectivity index (χ4n) is 3.57. The first-order valence-electron chi connectivity index (χ1n) is 9.33. The highest BCUT2D eigenvalue weighted by molar-refractivity contribution is 5.55. The van der Waals surface area contributed by atoms with Gasteiger partial charge in [-0.2, -0.15) is 4.98 Å². The summed E-state index contributed by atoms with van der Waals surface area (Å²) in [5.41, 5.74) is 0.933. The van der Waals surface area contributed by atoms with Gasteiger partial charge in [0.25, 0.3) is 0 Å². The van der Waals surface area contributed by atoms with Gasteiger partial charge < -0.3 is 14.0 Å². The van der Waals surface area contributed by atoms with Crippen LogP contribution in [-0.4, -0.2) is 72.5 Å². The van der Waals surface area contributed by atoms with E-state index >= 15 is 0 Å². The number of aromatic nitrogens is 2. The molecule has 0 radical (unpaired) electrons. The van der Waals surface area contributed by atoms with E-state index in [1.165, 1.54) is 12.8 Å². The molecule has 26 heavy (non-hydrogen) atoms. The second kappa shape index (κ2) is 8.16. The molecule has 2 saturated heterocycles. The van der Waals surface area contributed by atoms with Gasteiger partial charge in [-0.05, 0) is 37.1 Å². The molecule has 2 fully saturated rings. The van der Waals surface area contributed by atoms with Crippen molar-refractivity contribution in [2.45, 2.75) is 25.5 Å². The molecule has 140 valence electrons. The van der Waals surface area contributed by atoms with Crippen LogP contribution < -0.4 is 4.74 Å². The van der Waals surface area contributed by atoms with Crippen LogP contribution in [0.15, 0.2) is 28.8 Å². The van der Waals surface area contributed by atoms with Crippen LogP contribution in [0.2, 0.25) is 0 Å². The van der Waals surface area contributed by atoms with Crippen molar-refractivity contribution < 1.29 is 14.0 Å². The molecule has 1 unspecified atom stereocenters. The molecule has 0 bridgehead atoms. The van der Waals surface area contributed by atoms with Crippen LogP contribution in [0, 0.1) is 0 Å². The minimum atomic E-state index is 0.435. The molecule has 7 nitrogen and oxygen atoms in total. The Kier molecular flexibility index (Phi) is 5.48. The molecule has 3 heterocycles. The van der Waals surface area contributed by atoms with E-state index < -0.39 is 0 Å². The van der Waals surface area contributed by atoms with Crippen molar-refractivity contribution in [1.29, 1.82) is 0 Å². The quantitative estimate of drug-likeness (QED) is 0.783. The summed E-state index contributed by atoms with van der Waals surface area (Å²) >= 11 is 0. The fourth-order valence-corrected chi connectivity index (χ4v) is 3.57. The van der Waals surface area contributed by atoms with Crippen LogP contribution >= 0.6 is 0 Å². The average Bonchev–Trinajstić information content (AvgIpc) is 3.36. The van der Waals surface area contributed by atoms with Crippen LogP contribution in [-0.2, 0) is 11.3 Å². The van der Waals surface area contributed by atoms with Crippen molar-refractivity contribution in [2.24, 2.45) is 0 Å². The molecule has 4 rings (SSSR count). The van der Waals surface area contributed by atoms with Gasteiger partial charge in [0.15, 0.2) is 0 Å². The van der Waals surface area contributed by atoms with Crippen LogP contribution in [0.4, 0.5) is 0 Å². The zero-order chi connectivity index (χ0) is 17.8. The molecule has 2 aliphatic rings. The third kappa shape index (κ3) is 4.23. The minimum Gasteiger partial charge on any atom is -0.497 e. The first-order valence-corrected chi connectivity index (χ1v) is 9.33. The second-order valence-electron chi connectivity index (χ2n) is 6.95. The van der Waals surface area contributed by atoms with Gasteiger partial charge in [0, 0.05) is 44.9 Å². The number of methoxy groups -OCH3 is 1. The molecule has 1 atom stereocenters. The van der Waals surface area contributed by atoms with Gasteiger partial charge >= 0.3 is 0 Å². The second-order valence-corrected chi connectivity index (χ2v) is 6.95. The molecule has 2 aromatic rings. The summed E-state index contributed by atoms with van der Waals surface area (Å²) in [5.74, 6) is 2.11. The Labute approximate surface area is 153 Å². The molecule has 0 saturated carbocycles. The lowest BCUT2D eigenvalue weighted by Crippen LogP contribution is -2.48. The Bertz CT molecular complexity index is 689. The van der Waals surface area contributed by atoms with Gasteiger partial charge in [0.05, 0.1) is 19.8 Å². The van der Waals surface area contributed by atoms with Crippen molar-refractivity contribution >= 4 is 0 Å². The summed E-state index contributed by atoms with van der Waals surface area (Å²) in [6, 6.07) is 7.69. The van der Waals surface area contributed by atoms with Crippen molar-refractivity contribution in [3.05, 3.63) is 30.2 Å². The monoisotopic (exact) mass is 358 g/mol. The number of piperazine rings is 1. The lowest BCUT2D eigenvalue weighted by atomic mass is 10.2. The number of benzene rings is 1.